The molecule has 4 heteroatoms. The maximum Gasteiger partial charge on any atom is 0.259 e. The topological polar surface area (TPSA) is 58.2 Å². The Morgan fingerprint density at radius 2 is 1.88 bits per heavy atom. The molecule has 0 fully saturated rings. The summed E-state index contributed by atoms with van der Waals surface area (Å²) in [6.07, 6.45) is 15.0. The maximum atomic E-state index is 12.7. The van der Waals surface area contributed by atoms with Crippen LogP contribution >= 0.6 is 0 Å². The van der Waals surface area contributed by atoms with Crippen LogP contribution in [0.5, 0.6) is 0 Å². The zero-order chi connectivity index (χ0) is 17.4. The molecule has 4 aliphatic rings. The van der Waals surface area contributed by atoms with Gasteiger partial charge in [0.1, 0.15) is 0 Å². The molecular formula is C22H14N2O2. The van der Waals surface area contributed by atoms with Gasteiger partial charge < -0.3 is 5.32 Å². The van der Waals surface area contributed by atoms with Gasteiger partial charge in [-0.25, -0.2) is 0 Å². The number of imide groups is 1. The van der Waals surface area contributed by atoms with Crippen molar-refractivity contribution in [2.45, 2.75) is 12.5 Å². The van der Waals surface area contributed by atoms with Crippen LogP contribution in [0.2, 0.25) is 0 Å². The summed E-state index contributed by atoms with van der Waals surface area (Å²) in [5.41, 5.74) is 4.17. The minimum Gasteiger partial charge on any atom is -0.374 e. The molecule has 2 amide bonds. The lowest BCUT2D eigenvalue weighted by Crippen LogP contribution is -2.23. The average molecular weight is 338 g/mol. The summed E-state index contributed by atoms with van der Waals surface area (Å²) in [6.45, 7) is 0. The maximum absolute atomic E-state index is 12.7. The van der Waals surface area contributed by atoms with Gasteiger partial charge in [-0.05, 0) is 22.8 Å². The summed E-state index contributed by atoms with van der Waals surface area (Å²) in [5.74, 6) is -0.589. The van der Waals surface area contributed by atoms with Crippen LogP contribution in [-0.2, 0) is 6.42 Å². The van der Waals surface area contributed by atoms with Gasteiger partial charge in [0.2, 0.25) is 0 Å². The summed E-state index contributed by atoms with van der Waals surface area (Å²) in [7, 11) is 0. The molecule has 0 bridgehead atoms. The minimum atomic E-state index is -0.297. The highest BCUT2D eigenvalue weighted by atomic mass is 16.2. The van der Waals surface area contributed by atoms with E-state index in [-0.39, 0.29) is 17.9 Å². The van der Waals surface area contributed by atoms with Gasteiger partial charge in [0, 0.05) is 16.0 Å². The van der Waals surface area contributed by atoms with Gasteiger partial charge in [-0.1, -0.05) is 54.7 Å². The van der Waals surface area contributed by atoms with Crippen molar-refractivity contribution >= 4 is 39.9 Å². The third kappa shape index (κ3) is 1.54. The molecule has 0 saturated carbocycles. The molecule has 26 heavy (non-hydrogen) atoms. The first-order chi connectivity index (χ1) is 12.7. The van der Waals surface area contributed by atoms with Gasteiger partial charge in [0.15, 0.2) is 0 Å². The van der Waals surface area contributed by atoms with E-state index in [4.69, 9.17) is 0 Å². The van der Waals surface area contributed by atoms with E-state index in [1.54, 1.807) is 0 Å². The van der Waals surface area contributed by atoms with Gasteiger partial charge in [0.25, 0.3) is 11.8 Å². The Hall–Kier alpha value is -3.40. The van der Waals surface area contributed by atoms with Crippen molar-refractivity contribution in [3.05, 3.63) is 75.7 Å². The number of anilines is 1. The second-order valence-electron chi connectivity index (χ2n) is 6.96. The first-order valence-corrected chi connectivity index (χ1v) is 8.74. The van der Waals surface area contributed by atoms with E-state index in [1.807, 2.05) is 24.3 Å². The number of carbonyl (C=O) groups excluding carboxylic acids is 2. The average Bonchev–Trinajstić information content (AvgIpc) is 3.19. The Kier molecular flexibility index (Phi) is 2.45. The summed E-state index contributed by atoms with van der Waals surface area (Å²) in [4.78, 5) is 25.4. The summed E-state index contributed by atoms with van der Waals surface area (Å²) in [5, 5.41) is 9.97. The lowest BCUT2D eigenvalue weighted by atomic mass is 9.88. The largest absolute Gasteiger partial charge is 0.374 e. The SMILES string of the molecule is O=C1NC(=O)c2c1c1c(c3ccc4c(c23)CC=CC=4)NC2C=CC=CC=12. The van der Waals surface area contributed by atoms with Crippen molar-refractivity contribution in [1.82, 2.24) is 5.32 Å². The summed E-state index contributed by atoms with van der Waals surface area (Å²) >= 11 is 0. The van der Waals surface area contributed by atoms with Crippen LogP contribution in [0.3, 0.4) is 0 Å². The fourth-order valence-electron chi connectivity index (χ4n) is 4.58. The van der Waals surface area contributed by atoms with Crippen molar-refractivity contribution in [2.75, 3.05) is 5.32 Å². The molecule has 2 aromatic carbocycles. The van der Waals surface area contributed by atoms with Crippen LogP contribution in [0, 0.1) is 0 Å². The van der Waals surface area contributed by atoms with Crippen molar-refractivity contribution < 1.29 is 9.59 Å². The first kappa shape index (κ1) is 13.8. The van der Waals surface area contributed by atoms with Crippen molar-refractivity contribution in [3.8, 4) is 0 Å². The van der Waals surface area contributed by atoms with E-state index in [0.29, 0.717) is 11.1 Å². The Labute approximate surface area is 148 Å². The Morgan fingerprint density at radius 1 is 1.00 bits per heavy atom. The van der Waals surface area contributed by atoms with Crippen molar-refractivity contribution in [1.29, 1.82) is 0 Å². The number of hydrogen-bond acceptors (Lipinski definition) is 3. The third-order valence-electron chi connectivity index (χ3n) is 5.65. The highest BCUT2D eigenvalue weighted by molar-refractivity contribution is 6.29. The van der Waals surface area contributed by atoms with Crippen molar-refractivity contribution in [3.63, 3.8) is 0 Å². The predicted octanol–water partition coefficient (Wildman–Crippen LogP) is 1.69. The lowest BCUT2D eigenvalue weighted by Gasteiger charge is -2.15. The molecule has 4 nitrogen and oxygen atoms in total. The monoisotopic (exact) mass is 338 g/mol. The number of allylic oxidation sites excluding steroid dienone is 4. The normalized spacial score (nSPS) is 21.1. The van der Waals surface area contributed by atoms with Crippen LogP contribution in [0.4, 0.5) is 5.69 Å². The smallest absolute Gasteiger partial charge is 0.259 e. The van der Waals surface area contributed by atoms with E-state index in [9.17, 15) is 9.59 Å². The molecule has 2 aliphatic carbocycles. The Bertz CT molecular complexity index is 1290. The van der Waals surface area contributed by atoms with Crippen LogP contribution in [0.15, 0.2) is 48.6 Å². The molecular weight excluding hydrogens is 324 g/mol. The predicted molar refractivity (Wildman–Crippen MR) is 101 cm³/mol. The quantitative estimate of drug-likeness (QED) is 0.719. The molecule has 6 rings (SSSR count). The number of carbonyl (C=O) groups is 2. The van der Waals surface area contributed by atoms with E-state index >= 15 is 0 Å². The lowest BCUT2D eigenvalue weighted by molar-refractivity contribution is 0.0880. The Balaban J connectivity index is 1.90. The molecule has 2 heterocycles. The van der Waals surface area contributed by atoms with Gasteiger partial charge >= 0.3 is 0 Å². The van der Waals surface area contributed by atoms with E-state index in [1.165, 1.54) is 0 Å². The third-order valence-corrected chi connectivity index (χ3v) is 5.65. The second-order valence-corrected chi connectivity index (χ2v) is 6.96. The Morgan fingerprint density at radius 3 is 2.81 bits per heavy atom. The van der Waals surface area contributed by atoms with Crippen LogP contribution in [0.25, 0.3) is 22.4 Å². The molecule has 2 N–H and O–H groups in total. The number of fused-ring (bicyclic) bond motifs is 9. The van der Waals surface area contributed by atoms with E-state index < -0.39 is 0 Å². The molecule has 1 atom stereocenters. The zero-order valence-electron chi connectivity index (χ0n) is 13.8. The van der Waals surface area contributed by atoms with Gasteiger partial charge in [-0.2, -0.15) is 0 Å². The molecule has 0 saturated heterocycles. The number of nitrogens with one attached hydrogen (secondary N) is 2. The number of benzene rings is 2. The summed E-state index contributed by atoms with van der Waals surface area (Å²) < 4.78 is 0. The second kappa shape index (κ2) is 4.61. The molecule has 2 aliphatic heterocycles. The highest BCUT2D eigenvalue weighted by Crippen LogP contribution is 2.36. The molecule has 0 spiro atoms. The standard InChI is InChI=1S/C22H14N2O2/c25-21-18-16-12-6-2-1-5-11(12)9-10-14(16)20-17(19(18)22(26)24-21)13-7-3-4-8-15(13)23-20/h1-5,7-10,15,23H,6H2,(H,24,25,26). The molecule has 124 valence electrons. The van der Waals surface area contributed by atoms with Gasteiger partial charge in [-0.15, -0.1) is 0 Å². The fraction of sp³-hybridized carbons (Fsp3) is 0.0909. The molecule has 2 aromatic rings. The molecule has 0 aromatic heterocycles. The highest BCUT2D eigenvalue weighted by Gasteiger charge is 2.36. The van der Waals surface area contributed by atoms with Crippen LogP contribution in [0.1, 0.15) is 26.3 Å². The van der Waals surface area contributed by atoms with Gasteiger partial charge in [-0.3, -0.25) is 14.9 Å². The zero-order valence-corrected chi connectivity index (χ0v) is 13.8. The van der Waals surface area contributed by atoms with Crippen LogP contribution < -0.4 is 21.1 Å². The van der Waals surface area contributed by atoms with Crippen LogP contribution in [-0.4, -0.2) is 17.9 Å². The summed E-state index contributed by atoms with van der Waals surface area (Å²) in [6, 6.07) is 4.20. The van der Waals surface area contributed by atoms with E-state index in [2.05, 4.69) is 41.0 Å². The van der Waals surface area contributed by atoms with E-state index in [0.717, 1.165) is 44.5 Å². The fourth-order valence-corrected chi connectivity index (χ4v) is 4.58. The van der Waals surface area contributed by atoms with Gasteiger partial charge in [0.05, 0.1) is 22.9 Å². The molecule has 1 unspecified atom stereocenters. The van der Waals surface area contributed by atoms with Crippen molar-refractivity contribution in [2.24, 2.45) is 0 Å². The minimum absolute atomic E-state index is 0.0377. The molecule has 0 radical (unpaired) electrons. The number of hydrogen-bond donors (Lipinski definition) is 2. The number of amides is 2. The first-order valence-electron chi connectivity index (χ1n) is 8.74. The number of rotatable bonds is 0.